The highest BCUT2D eigenvalue weighted by atomic mass is 32.2. The Morgan fingerprint density at radius 3 is 2.53 bits per heavy atom. The number of hydrogen-bond acceptors (Lipinski definition) is 3. The van der Waals surface area contributed by atoms with E-state index >= 15 is 0 Å². The standard InChI is InChI=1S/C13H20FNO3S/c1-10(2)6-7-15(3)19(17,18)13-8-12(14)5-4-11(13)9-16/h4-5,8,10,16H,6-7,9H2,1-3H3. The molecule has 1 aromatic carbocycles. The lowest BCUT2D eigenvalue weighted by molar-refractivity contribution is 0.278. The van der Waals surface area contributed by atoms with Crippen LogP contribution < -0.4 is 0 Å². The van der Waals surface area contributed by atoms with Gasteiger partial charge in [0.05, 0.1) is 11.5 Å². The van der Waals surface area contributed by atoms with Crippen molar-refractivity contribution < 1.29 is 17.9 Å². The molecule has 0 heterocycles. The van der Waals surface area contributed by atoms with Gasteiger partial charge >= 0.3 is 0 Å². The van der Waals surface area contributed by atoms with Crippen LogP contribution in [0.15, 0.2) is 23.1 Å². The molecule has 1 N–H and O–H groups in total. The van der Waals surface area contributed by atoms with E-state index in [4.69, 9.17) is 5.11 Å². The highest BCUT2D eigenvalue weighted by Crippen LogP contribution is 2.21. The summed E-state index contributed by atoms with van der Waals surface area (Å²) in [6.45, 7) is 3.93. The summed E-state index contributed by atoms with van der Waals surface area (Å²) in [4.78, 5) is -0.166. The van der Waals surface area contributed by atoms with Crippen molar-refractivity contribution in [2.45, 2.75) is 31.8 Å². The quantitative estimate of drug-likeness (QED) is 0.871. The van der Waals surface area contributed by atoms with Crippen molar-refractivity contribution in [3.05, 3.63) is 29.6 Å². The minimum absolute atomic E-state index is 0.166. The van der Waals surface area contributed by atoms with E-state index in [1.54, 1.807) is 0 Å². The van der Waals surface area contributed by atoms with Crippen molar-refractivity contribution in [3.8, 4) is 0 Å². The molecular weight excluding hydrogens is 269 g/mol. The number of nitrogens with zero attached hydrogens (tertiary/aromatic N) is 1. The molecule has 0 aliphatic rings. The molecule has 0 bridgehead atoms. The summed E-state index contributed by atoms with van der Waals surface area (Å²) < 4.78 is 39.1. The van der Waals surface area contributed by atoms with Crippen LogP contribution in [-0.4, -0.2) is 31.4 Å². The van der Waals surface area contributed by atoms with Crippen molar-refractivity contribution in [2.24, 2.45) is 5.92 Å². The van der Waals surface area contributed by atoms with Crippen LogP contribution in [0.1, 0.15) is 25.8 Å². The fourth-order valence-corrected chi connectivity index (χ4v) is 3.03. The molecule has 0 amide bonds. The van der Waals surface area contributed by atoms with Gasteiger partial charge in [-0.25, -0.2) is 17.1 Å². The third kappa shape index (κ3) is 3.99. The summed E-state index contributed by atoms with van der Waals surface area (Å²) in [6.07, 6.45) is 0.722. The maximum absolute atomic E-state index is 13.2. The van der Waals surface area contributed by atoms with Gasteiger partial charge in [-0.15, -0.1) is 0 Å². The largest absolute Gasteiger partial charge is 0.392 e. The molecule has 0 aromatic heterocycles. The van der Waals surface area contributed by atoms with Crippen molar-refractivity contribution in [1.29, 1.82) is 0 Å². The highest BCUT2D eigenvalue weighted by Gasteiger charge is 2.24. The zero-order valence-electron chi connectivity index (χ0n) is 11.4. The molecule has 0 fully saturated rings. The van der Waals surface area contributed by atoms with Crippen molar-refractivity contribution in [2.75, 3.05) is 13.6 Å². The van der Waals surface area contributed by atoms with Gasteiger partial charge in [0, 0.05) is 13.6 Å². The van der Waals surface area contributed by atoms with E-state index < -0.39 is 22.4 Å². The Kier molecular flexibility index (Phi) is 5.46. The average Bonchev–Trinajstić information content (AvgIpc) is 2.35. The zero-order chi connectivity index (χ0) is 14.6. The molecule has 1 rings (SSSR count). The Bertz CT molecular complexity index is 529. The van der Waals surface area contributed by atoms with Crippen LogP contribution in [0.5, 0.6) is 0 Å². The molecule has 108 valence electrons. The predicted octanol–water partition coefficient (Wildman–Crippen LogP) is 1.98. The second-order valence-electron chi connectivity index (χ2n) is 4.92. The number of rotatable bonds is 6. The summed E-state index contributed by atoms with van der Waals surface area (Å²) in [6, 6.07) is 3.38. The molecule has 0 aliphatic carbocycles. The first-order valence-corrected chi connectivity index (χ1v) is 7.58. The summed E-state index contributed by atoms with van der Waals surface area (Å²) in [5.41, 5.74) is 0.206. The van der Waals surface area contributed by atoms with Gasteiger partial charge in [0.25, 0.3) is 0 Å². The molecule has 19 heavy (non-hydrogen) atoms. The molecule has 0 aliphatic heterocycles. The van der Waals surface area contributed by atoms with Gasteiger partial charge in [-0.2, -0.15) is 0 Å². The van der Waals surface area contributed by atoms with E-state index in [1.807, 2.05) is 13.8 Å². The molecule has 4 nitrogen and oxygen atoms in total. The van der Waals surface area contributed by atoms with Crippen LogP contribution in [-0.2, 0) is 16.6 Å². The zero-order valence-corrected chi connectivity index (χ0v) is 12.2. The summed E-state index contributed by atoms with van der Waals surface area (Å²) >= 11 is 0. The fraction of sp³-hybridized carbons (Fsp3) is 0.538. The van der Waals surface area contributed by atoms with Crippen molar-refractivity contribution in [1.82, 2.24) is 4.31 Å². The number of halogens is 1. The third-order valence-electron chi connectivity index (χ3n) is 2.91. The first-order valence-electron chi connectivity index (χ1n) is 6.14. The van der Waals surface area contributed by atoms with E-state index in [0.29, 0.717) is 12.5 Å². The lowest BCUT2D eigenvalue weighted by Gasteiger charge is -2.19. The van der Waals surface area contributed by atoms with Crippen LogP contribution in [0, 0.1) is 11.7 Å². The van der Waals surface area contributed by atoms with Crippen LogP contribution in [0.2, 0.25) is 0 Å². The second-order valence-corrected chi connectivity index (χ2v) is 6.93. The maximum atomic E-state index is 13.2. The Labute approximate surface area is 113 Å². The molecule has 1 aromatic rings. The van der Waals surface area contributed by atoms with Crippen molar-refractivity contribution >= 4 is 10.0 Å². The lowest BCUT2D eigenvalue weighted by atomic mass is 10.1. The molecule has 0 saturated carbocycles. The number of aliphatic hydroxyl groups is 1. The first kappa shape index (κ1) is 16.1. The van der Waals surface area contributed by atoms with Gasteiger partial charge in [0.15, 0.2) is 0 Å². The van der Waals surface area contributed by atoms with Crippen LogP contribution in [0.3, 0.4) is 0 Å². The Hall–Kier alpha value is -0.980. The molecule has 0 radical (unpaired) electrons. The Balaban J connectivity index is 3.09. The van der Waals surface area contributed by atoms with E-state index in [9.17, 15) is 12.8 Å². The minimum atomic E-state index is -3.77. The number of sulfonamides is 1. The SMILES string of the molecule is CC(C)CCN(C)S(=O)(=O)c1cc(F)ccc1CO. The summed E-state index contributed by atoms with van der Waals surface area (Å²) in [7, 11) is -2.30. The van der Waals surface area contributed by atoms with Gasteiger partial charge in [-0.3, -0.25) is 0 Å². The van der Waals surface area contributed by atoms with Gasteiger partial charge in [-0.05, 0) is 30.0 Å². The van der Waals surface area contributed by atoms with E-state index in [-0.39, 0.29) is 10.5 Å². The van der Waals surface area contributed by atoms with Crippen LogP contribution >= 0.6 is 0 Å². The molecule has 0 atom stereocenters. The Morgan fingerprint density at radius 2 is 2.00 bits per heavy atom. The molecule has 6 heteroatoms. The molecule has 0 spiro atoms. The average molecular weight is 289 g/mol. The number of benzene rings is 1. The van der Waals surface area contributed by atoms with E-state index in [2.05, 4.69) is 0 Å². The number of hydrogen-bond donors (Lipinski definition) is 1. The monoisotopic (exact) mass is 289 g/mol. The second kappa shape index (κ2) is 6.45. The van der Waals surface area contributed by atoms with E-state index in [0.717, 1.165) is 18.6 Å². The number of aliphatic hydroxyl groups excluding tert-OH is 1. The van der Waals surface area contributed by atoms with Gasteiger partial charge in [0.2, 0.25) is 10.0 Å². The van der Waals surface area contributed by atoms with E-state index in [1.165, 1.54) is 17.4 Å². The molecular formula is C13H20FNO3S. The fourth-order valence-electron chi connectivity index (χ4n) is 1.63. The maximum Gasteiger partial charge on any atom is 0.243 e. The smallest absolute Gasteiger partial charge is 0.243 e. The lowest BCUT2D eigenvalue weighted by Crippen LogP contribution is -2.29. The van der Waals surface area contributed by atoms with Gasteiger partial charge in [-0.1, -0.05) is 19.9 Å². The highest BCUT2D eigenvalue weighted by molar-refractivity contribution is 7.89. The predicted molar refractivity (Wildman–Crippen MR) is 71.6 cm³/mol. The topological polar surface area (TPSA) is 57.6 Å². The Morgan fingerprint density at radius 1 is 1.37 bits per heavy atom. The minimum Gasteiger partial charge on any atom is -0.392 e. The molecule has 0 unspecified atom stereocenters. The molecule has 0 saturated heterocycles. The summed E-state index contributed by atoms with van der Waals surface area (Å²) in [5, 5.41) is 9.17. The van der Waals surface area contributed by atoms with Gasteiger partial charge in [0.1, 0.15) is 5.82 Å². The normalized spacial score (nSPS) is 12.4. The summed E-state index contributed by atoms with van der Waals surface area (Å²) in [5.74, 6) is -0.254. The first-order chi connectivity index (χ1) is 8.78. The van der Waals surface area contributed by atoms with Crippen molar-refractivity contribution in [3.63, 3.8) is 0 Å². The van der Waals surface area contributed by atoms with Crippen LogP contribution in [0.4, 0.5) is 4.39 Å². The van der Waals surface area contributed by atoms with Crippen LogP contribution in [0.25, 0.3) is 0 Å². The third-order valence-corrected chi connectivity index (χ3v) is 4.85. The van der Waals surface area contributed by atoms with Gasteiger partial charge < -0.3 is 5.11 Å².